The molecule has 1 atom stereocenters. The molecule has 1 saturated heterocycles. The van der Waals surface area contributed by atoms with Gasteiger partial charge in [0.15, 0.2) is 0 Å². The van der Waals surface area contributed by atoms with Gasteiger partial charge < -0.3 is 9.84 Å². The van der Waals surface area contributed by atoms with Gasteiger partial charge in [-0.05, 0) is 49.2 Å². The molecule has 3 aromatic carbocycles. The number of aliphatic hydroxyl groups excluding tert-OH is 1. The first-order valence-electron chi connectivity index (χ1n) is 10.1. The second-order valence-corrected chi connectivity index (χ2v) is 8.15. The largest absolute Gasteiger partial charge is 0.507 e. The number of nitrogens with zero attached hydrogens (tertiary/aromatic N) is 1. The molecule has 0 saturated carbocycles. The van der Waals surface area contributed by atoms with Crippen molar-refractivity contribution in [1.29, 1.82) is 0 Å². The highest BCUT2D eigenvalue weighted by Gasteiger charge is 2.48. The van der Waals surface area contributed by atoms with Crippen molar-refractivity contribution in [2.24, 2.45) is 0 Å². The molecule has 1 unspecified atom stereocenters. The van der Waals surface area contributed by atoms with Gasteiger partial charge in [-0.2, -0.15) is 0 Å². The van der Waals surface area contributed by atoms with Crippen LogP contribution in [0.2, 0.25) is 5.02 Å². The van der Waals surface area contributed by atoms with Crippen molar-refractivity contribution in [3.63, 3.8) is 0 Å². The number of carbonyl (C=O) groups excluding carboxylic acids is 2. The third kappa shape index (κ3) is 3.65. The number of Topliss-reactive ketones (excluding diaryl/α,β-unsaturated/α-hetero) is 1. The number of anilines is 1. The quantitative estimate of drug-likeness (QED) is 0.321. The molecule has 1 aliphatic rings. The number of hydrogen-bond donors (Lipinski definition) is 1. The number of aliphatic hydroxyl groups is 1. The third-order valence-electron chi connectivity index (χ3n) is 5.60. The first-order chi connectivity index (χ1) is 15.3. The van der Waals surface area contributed by atoms with Crippen LogP contribution in [0.5, 0.6) is 5.75 Å². The van der Waals surface area contributed by atoms with Gasteiger partial charge in [-0.15, -0.1) is 0 Å². The maximum atomic E-state index is 13.3. The van der Waals surface area contributed by atoms with Crippen molar-refractivity contribution in [2.45, 2.75) is 19.9 Å². The van der Waals surface area contributed by atoms with Crippen LogP contribution in [0.25, 0.3) is 5.76 Å². The van der Waals surface area contributed by atoms with Gasteiger partial charge in [-0.25, -0.2) is 0 Å². The van der Waals surface area contributed by atoms with E-state index in [1.54, 1.807) is 42.5 Å². The summed E-state index contributed by atoms with van der Waals surface area (Å²) in [4.78, 5) is 28.1. The molecular weight excluding hydrogens is 426 g/mol. The average Bonchev–Trinajstić information content (AvgIpc) is 3.05. The minimum absolute atomic E-state index is 0.0114. The Balaban J connectivity index is 2.03. The number of carbonyl (C=O) groups is 2. The smallest absolute Gasteiger partial charge is 0.300 e. The highest BCUT2D eigenvalue weighted by atomic mass is 35.5. The van der Waals surface area contributed by atoms with E-state index >= 15 is 0 Å². The Morgan fingerprint density at radius 2 is 1.75 bits per heavy atom. The lowest BCUT2D eigenvalue weighted by Crippen LogP contribution is -2.30. The number of aryl methyl sites for hydroxylation is 2. The predicted octanol–water partition coefficient (Wildman–Crippen LogP) is 5.59. The Morgan fingerprint density at radius 3 is 2.47 bits per heavy atom. The molecule has 1 fully saturated rings. The van der Waals surface area contributed by atoms with Crippen LogP contribution in [-0.2, 0) is 9.59 Å². The summed E-state index contributed by atoms with van der Waals surface area (Å²) in [6, 6.07) is 18.6. The van der Waals surface area contributed by atoms with Gasteiger partial charge >= 0.3 is 0 Å². The van der Waals surface area contributed by atoms with E-state index in [2.05, 4.69) is 0 Å². The monoisotopic (exact) mass is 447 g/mol. The number of halogens is 1. The molecule has 1 heterocycles. The van der Waals surface area contributed by atoms with Gasteiger partial charge in [0.1, 0.15) is 11.5 Å². The molecule has 162 valence electrons. The van der Waals surface area contributed by atoms with E-state index in [1.165, 1.54) is 12.0 Å². The minimum Gasteiger partial charge on any atom is -0.507 e. The Morgan fingerprint density at radius 1 is 1.00 bits per heavy atom. The minimum atomic E-state index is -0.870. The third-order valence-corrected chi connectivity index (χ3v) is 5.84. The molecule has 3 aromatic rings. The number of methoxy groups -OCH3 is 1. The summed E-state index contributed by atoms with van der Waals surface area (Å²) in [5, 5.41) is 11.6. The van der Waals surface area contributed by atoms with Crippen LogP contribution in [0.4, 0.5) is 5.69 Å². The van der Waals surface area contributed by atoms with Crippen molar-refractivity contribution in [1.82, 2.24) is 0 Å². The average molecular weight is 448 g/mol. The van der Waals surface area contributed by atoms with Crippen LogP contribution in [0.1, 0.15) is 28.3 Å². The Hall–Kier alpha value is -3.57. The number of para-hydroxylation sites is 1. The van der Waals surface area contributed by atoms with Gasteiger partial charge in [0.2, 0.25) is 0 Å². The van der Waals surface area contributed by atoms with Crippen molar-refractivity contribution in [3.8, 4) is 5.75 Å². The fraction of sp³-hybridized carbons (Fsp3) is 0.154. The van der Waals surface area contributed by atoms with Gasteiger partial charge in [0.05, 0.1) is 18.7 Å². The number of benzene rings is 3. The zero-order valence-electron chi connectivity index (χ0n) is 17.9. The number of hydrogen-bond acceptors (Lipinski definition) is 4. The van der Waals surface area contributed by atoms with Crippen molar-refractivity contribution < 1.29 is 19.4 Å². The molecule has 0 spiro atoms. The zero-order valence-corrected chi connectivity index (χ0v) is 18.7. The Kier molecular flexibility index (Phi) is 5.76. The summed E-state index contributed by atoms with van der Waals surface area (Å²) in [5.74, 6) is -1.25. The lowest BCUT2D eigenvalue weighted by Gasteiger charge is -2.28. The normalized spacial score (nSPS) is 17.6. The van der Waals surface area contributed by atoms with E-state index in [9.17, 15) is 14.7 Å². The van der Waals surface area contributed by atoms with Crippen molar-refractivity contribution in [2.75, 3.05) is 12.0 Å². The molecule has 1 amide bonds. The SMILES string of the molecule is COc1ccccc1C1/C(=C(\O)c2cccc(Cl)c2)C(=O)C(=O)N1c1cc(C)ccc1C. The predicted molar refractivity (Wildman–Crippen MR) is 125 cm³/mol. The van der Waals surface area contributed by atoms with Gasteiger partial charge in [0.25, 0.3) is 11.7 Å². The molecular formula is C26H22ClNO4. The standard InChI is InChI=1S/C26H22ClNO4/c1-15-11-12-16(2)20(13-15)28-23(19-9-4-5-10-21(19)32-3)22(25(30)26(28)31)24(29)17-7-6-8-18(27)14-17/h4-14,23,29H,1-3H3/b24-22+. The second-order valence-electron chi connectivity index (χ2n) is 7.71. The second kappa shape index (κ2) is 8.52. The molecule has 1 N–H and O–H groups in total. The van der Waals surface area contributed by atoms with Crippen LogP contribution in [0.15, 0.2) is 72.3 Å². The fourth-order valence-corrected chi connectivity index (χ4v) is 4.23. The molecule has 6 heteroatoms. The van der Waals surface area contributed by atoms with E-state index in [4.69, 9.17) is 16.3 Å². The van der Waals surface area contributed by atoms with Crippen LogP contribution in [0, 0.1) is 13.8 Å². The zero-order chi connectivity index (χ0) is 23.0. The fourth-order valence-electron chi connectivity index (χ4n) is 4.04. The first kappa shape index (κ1) is 21.7. The lowest BCUT2D eigenvalue weighted by molar-refractivity contribution is -0.132. The number of rotatable bonds is 4. The summed E-state index contributed by atoms with van der Waals surface area (Å²) in [6.07, 6.45) is 0. The molecule has 4 rings (SSSR count). The molecule has 1 aliphatic heterocycles. The number of ether oxygens (including phenoxy) is 1. The lowest BCUT2D eigenvalue weighted by atomic mass is 9.94. The van der Waals surface area contributed by atoms with Gasteiger partial charge in [-0.3, -0.25) is 14.5 Å². The molecule has 0 aliphatic carbocycles. The van der Waals surface area contributed by atoms with E-state index in [-0.39, 0.29) is 11.3 Å². The molecule has 32 heavy (non-hydrogen) atoms. The summed E-state index contributed by atoms with van der Waals surface area (Å²) in [7, 11) is 1.53. The van der Waals surface area contributed by atoms with Gasteiger partial charge in [0, 0.05) is 21.8 Å². The number of amides is 1. The summed E-state index contributed by atoms with van der Waals surface area (Å²) in [5.41, 5.74) is 3.33. The van der Waals surface area contributed by atoms with Gasteiger partial charge in [-0.1, -0.05) is 54.1 Å². The maximum absolute atomic E-state index is 13.3. The topological polar surface area (TPSA) is 66.8 Å². The van der Waals surface area contributed by atoms with E-state index < -0.39 is 17.7 Å². The first-order valence-corrected chi connectivity index (χ1v) is 10.5. The van der Waals surface area contributed by atoms with E-state index in [1.807, 2.05) is 38.1 Å². The van der Waals surface area contributed by atoms with Crippen molar-refractivity contribution in [3.05, 3.63) is 99.6 Å². The summed E-state index contributed by atoms with van der Waals surface area (Å²) < 4.78 is 5.54. The van der Waals surface area contributed by atoms with Crippen molar-refractivity contribution >= 4 is 34.7 Å². The number of ketones is 1. The van der Waals surface area contributed by atoms with Crippen LogP contribution in [-0.4, -0.2) is 23.9 Å². The van der Waals surface area contributed by atoms with Crippen LogP contribution < -0.4 is 9.64 Å². The summed E-state index contributed by atoms with van der Waals surface area (Å²) in [6.45, 7) is 3.80. The summed E-state index contributed by atoms with van der Waals surface area (Å²) >= 11 is 6.11. The van der Waals surface area contributed by atoms with E-state index in [0.717, 1.165) is 11.1 Å². The highest BCUT2D eigenvalue weighted by molar-refractivity contribution is 6.52. The molecule has 0 aromatic heterocycles. The molecule has 0 radical (unpaired) electrons. The highest BCUT2D eigenvalue weighted by Crippen LogP contribution is 2.45. The van der Waals surface area contributed by atoms with Crippen LogP contribution >= 0.6 is 11.6 Å². The van der Waals surface area contributed by atoms with Crippen LogP contribution in [0.3, 0.4) is 0 Å². The Labute approximate surface area is 191 Å². The Bertz CT molecular complexity index is 1260. The maximum Gasteiger partial charge on any atom is 0.300 e. The molecule has 5 nitrogen and oxygen atoms in total. The van der Waals surface area contributed by atoms with E-state index in [0.29, 0.717) is 27.6 Å². The molecule has 0 bridgehead atoms.